The Balaban J connectivity index is 2.14. The highest BCUT2D eigenvalue weighted by molar-refractivity contribution is 5.39. The van der Waals surface area contributed by atoms with Crippen LogP contribution >= 0.6 is 0 Å². The molecule has 0 aliphatic heterocycles. The minimum atomic E-state index is -0.211. The van der Waals surface area contributed by atoms with Crippen LogP contribution < -0.4 is 10.6 Å². The quantitative estimate of drug-likeness (QED) is 0.867. The molecule has 0 fully saturated rings. The fourth-order valence-electron chi connectivity index (χ4n) is 1.95. The first-order valence-corrected chi connectivity index (χ1v) is 6.40. The van der Waals surface area contributed by atoms with Gasteiger partial charge in [-0.3, -0.25) is 0 Å². The van der Waals surface area contributed by atoms with Gasteiger partial charge in [0.25, 0.3) is 0 Å². The van der Waals surface area contributed by atoms with E-state index in [1.807, 2.05) is 24.3 Å². The zero-order valence-corrected chi connectivity index (χ0v) is 10.8. The van der Waals surface area contributed by atoms with Crippen LogP contribution in [0.4, 0.5) is 10.2 Å². The van der Waals surface area contributed by atoms with Gasteiger partial charge in [0.05, 0.1) is 0 Å². The highest BCUT2D eigenvalue weighted by Crippen LogP contribution is 2.15. The summed E-state index contributed by atoms with van der Waals surface area (Å²) in [5.41, 5.74) is 6.50. The molecule has 4 heteroatoms. The van der Waals surface area contributed by atoms with Crippen LogP contribution in [0.3, 0.4) is 0 Å². The molecule has 0 saturated heterocycles. The van der Waals surface area contributed by atoms with E-state index in [0.717, 1.165) is 24.3 Å². The van der Waals surface area contributed by atoms with Gasteiger partial charge in [0.2, 0.25) is 0 Å². The third-order valence-electron chi connectivity index (χ3n) is 2.87. The molecule has 3 nitrogen and oxygen atoms in total. The van der Waals surface area contributed by atoms with E-state index in [9.17, 15) is 4.39 Å². The van der Waals surface area contributed by atoms with Crippen molar-refractivity contribution in [1.29, 1.82) is 0 Å². The van der Waals surface area contributed by atoms with Gasteiger partial charge in [0, 0.05) is 19.3 Å². The summed E-state index contributed by atoms with van der Waals surface area (Å²) in [5.74, 6) is 0.678. The molecule has 0 unspecified atom stereocenters. The Labute approximate surface area is 112 Å². The topological polar surface area (TPSA) is 42.1 Å². The zero-order valence-electron chi connectivity index (χ0n) is 10.8. The molecule has 0 aliphatic carbocycles. The van der Waals surface area contributed by atoms with E-state index in [4.69, 9.17) is 5.73 Å². The zero-order chi connectivity index (χ0) is 13.5. The lowest BCUT2D eigenvalue weighted by atomic mass is 10.2. The Bertz CT molecular complexity index is 502. The molecule has 19 heavy (non-hydrogen) atoms. The Kier molecular flexibility index (Phi) is 4.86. The molecule has 0 saturated carbocycles. The monoisotopic (exact) mass is 259 g/mol. The van der Waals surface area contributed by atoms with Crippen molar-refractivity contribution in [3.8, 4) is 0 Å². The number of hydrogen-bond acceptors (Lipinski definition) is 3. The smallest absolute Gasteiger partial charge is 0.128 e. The second-order valence-electron chi connectivity index (χ2n) is 4.38. The number of nitrogens with zero attached hydrogens (tertiary/aromatic N) is 2. The summed E-state index contributed by atoms with van der Waals surface area (Å²) in [6, 6.07) is 12.4. The van der Waals surface area contributed by atoms with Crippen LogP contribution in [0.25, 0.3) is 0 Å². The van der Waals surface area contributed by atoms with Crippen LogP contribution in [0.2, 0.25) is 0 Å². The molecular formula is C15H18FN3. The number of rotatable bonds is 6. The molecule has 2 rings (SSSR count). The van der Waals surface area contributed by atoms with Gasteiger partial charge in [-0.05, 0) is 42.8 Å². The van der Waals surface area contributed by atoms with Gasteiger partial charge >= 0.3 is 0 Å². The Morgan fingerprint density at radius 3 is 2.74 bits per heavy atom. The lowest BCUT2D eigenvalue weighted by Crippen LogP contribution is -2.26. The van der Waals surface area contributed by atoms with Crippen LogP contribution in [0.1, 0.15) is 12.0 Å². The lowest BCUT2D eigenvalue weighted by Gasteiger charge is -2.23. The molecule has 1 aromatic carbocycles. The molecule has 100 valence electrons. The van der Waals surface area contributed by atoms with Crippen molar-refractivity contribution in [3.63, 3.8) is 0 Å². The van der Waals surface area contributed by atoms with E-state index in [-0.39, 0.29) is 5.82 Å². The molecule has 0 atom stereocenters. The molecule has 0 radical (unpaired) electrons. The Morgan fingerprint density at radius 2 is 2.05 bits per heavy atom. The fourth-order valence-corrected chi connectivity index (χ4v) is 1.95. The number of aromatic nitrogens is 1. The van der Waals surface area contributed by atoms with Crippen molar-refractivity contribution in [2.75, 3.05) is 18.0 Å². The van der Waals surface area contributed by atoms with Crippen LogP contribution in [-0.2, 0) is 6.54 Å². The summed E-state index contributed by atoms with van der Waals surface area (Å²) in [5, 5.41) is 0. The van der Waals surface area contributed by atoms with E-state index < -0.39 is 0 Å². The second kappa shape index (κ2) is 6.85. The van der Waals surface area contributed by atoms with E-state index >= 15 is 0 Å². The predicted octanol–water partition coefficient (Wildman–Crippen LogP) is 2.58. The molecule has 2 N–H and O–H groups in total. The first-order chi connectivity index (χ1) is 9.29. The molecule has 0 bridgehead atoms. The minimum absolute atomic E-state index is 0.211. The first kappa shape index (κ1) is 13.5. The van der Waals surface area contributed by atoms with Crippen molar-refractivity contribution < 1.29 is 4.39 Å². The van der Waals surface area contributed by atoms with Gasteiger partial charge in [0.1, 0.15) is 11.6 Å². The van der Waals surface area contributed by atoms with E-state index in [1.54, 1.807) is 18.3 Å². The maximum Gasteiger partial charge on any atom is 0.128 e. The second-order valence-corrected chi connectivity index (χ2v) is 4.38. The standard InChI is InChI=1S/C15H18FN3/c16-14-6-3-5-13(11-14)12-19(10-4-8-17)15-7-1-2-9-18-15/h1-3,5-7,9,11H,4,8,10,12,17H2. The summed E-state index contributed by atoms with van der Waals surface area (Å²) in [4.78, 5) is 6.45. The molecule has 2 aromatic rings. The van der Waals surface area contributed by atoms with Gasteiger partial charge in [-0.15, -0.1) is 0 Å². The summed E-state index contributed by atoms with van der Waals surface area (Å²) in [7, 11) is 0. The van der Waals surface area contributed by atoms with Gasteiger partial charge in [0.15, 0.2) is 0 Å². The Hall–Kier alpha value is -1.94. The number of nitrogens with two attached hydrogens (primary N) is 1. The van der Waals surface area contributed by atoms with E-state index in [2.05, 4.69) is 9.88 Å². The van der Waals surface area contributed by atoms with Crippen molar-refractivity contribution in [1.82, 2.24) is 4.98 Å². The van der Waals surface area contributed by atoms with Gasteiger partial charge in [-0.25, -0.2) is 9.37 Å². The number of hydrogen-bond donors (Lipinski definition) is 1. The van der Waals surface area contributed by atoms with Gasteiger partial charge in [-0.2, -0.15) is 0 Å². The van der Waals surface area contributed by atoms with E-state index in [0.29, 0.717) is 13.1 Å². The van der Waals surface area contributed by atoms with Crippen LogP contribution in [0.15, 0.2) is 48.7 Å². The van der Waals surface area contributed by atoms with Crippen molar-refractivity contribution >= 4 is 5.82 Å². The molecular weight excluding hydrogens is 241 g/mol. The highest BCUT2D eigenvalue weighted by atomic mass is 19.1. The molecule has 0 amide bonds. The third-order valence-corrected chi connectivity index (χ3v) is 2.87. The SMILES string of the molecule is NCCCN(Cc1cccc(F)c1)c1ccccn1. The van der Waals surface area contributed by atoms with Gasteiger partial charge < -0.3 is 10.6 Å². The average molecular weight is 259 g/mol. The number of anilines is 1. The maximum absolute atomic E-state index is 13.2. The lowest BCUT2D eigenvalue weighted by molar-refractivity contribution is 0.623. The summed E-state index contributed by atoms with van der Waals surface area (Å²) in [6.07, 6.45) is 2.64. The first-order valence-electron chi connectivity index (χ1n) is 6.40. The number of halogens is 1. The molecule has 1 heterocycles. The van der Waals surface area contributed by atoms with Gasteiger partial charge in [-0.1, -0.05) is 18.2 Å². The fraction of sp³-hybridized carbons (Fsp3) is 0.267. The predicted molar refractivity (Wildman–Crippen MR) is 75.4 cm³/mol. The molecule has 1 aromatic heterocycles. The third kappa shape index (κ3) is 4.03. The molecule has 0 spiro atoms. The average Bonchev–Trinajstić information content (AvgIpc) is 2.44. The normalized spacial score (nSPS) is 10.4. The van der Waals surface area contributed by atoms with Crippen LogP contribution in [0.5, 0.6) is 0 Å². The van der Waals surface area contributed by atoms with Crippen LogP contribution in [0, 0.1) is 5.82 Å². The van der Waals surface area contributed by atoms with Crippen LogP contribution in [-0.4, -0.2) is 18.1 Å². The molecule has 0 aliphatic rings. The van der Waals surface area contributed by atoms with Crippen molar-refractivity contribution in [2.24, 2.45) is 5.73 Å². The number of benzene rings is 1. The Morgan fingerprint density at radius 1 is 1.16 bits per heavy atom. The highest BCUT2D eigenvalue weighted by Gasteiger charge is 2.08. The maximum atomic E-state index is 13.2. The number of pyridine rings is 1. The summed E-state index contributed by atoms with van der Waals surface area (Å²) >= 11 is 0. The largest absolute Gasteiger partial charge is 0.352 e. The van der Waals surface area contributed by atoms with E-state index in [1.165, 1.54) is 6.07 Å². The summed E-state index contributed by atoms with van der Waals surface area (Å²) in [6.45, 7) is 2.07. The van der Waals surface area contributed by atoms with Crippen molar-refractivity contribution in [3.05, 3.63) is 60.0 Å². The summed E-state index contributed by atoms with van der Waals surface area (Å²) < 4.78 is 13.2. The minimum Gasteiger partial charge on any atom is -0.352 e. The van der Waals surface area contributed by atoms with Crippen molar-refractivity contribution in [2.45, 2.75) is 13.0 Å².